The number of anilines is 1. The number of halogens is 3. The molecule has 1 amide bonds. The predicted molar refractivity (Wildman–Crippen MR) is 85.5 cm³/mol. The van der Waals surface area contributed by atoms with Gasteiger partial charge < -0.3 is 10.6 Å². The van der Waals surface area contributed by atoms with E-state index in [9.17, 15) is 13.6 Å². The largest absolute Gasteiger partial charge is 0.322 e. The van der Waals surface area contributed by atoms with Gasteiger partial charge in [-0.05, 0) is 30.7 Å². The number of amides is 1. The van der Waals surface area contributed by atoms with Crippen molar-refractivity contribution in [3.63, 3.8) is 0 Å². The zero-order chi connectivity index (χ0) is 16.1. The van der Waals surface area contributed by atoms with Crippen molar-refractivity contribution in [2.75, 3.05) is 11.9 Å². The average molecular weight is 369 g/mol. The van der Waals surface area contributed by atoms with Gasteiger partial charge in [-0.15, -0.1) is 0 Å². The Balaban J connectivity index is 1.93. The van der Waals surface area contributed by atoms with E-state index >= 15 is 0 Å². The van der Waals surface area contributed by atoms with Crippen LogP contribution >= 0.6 is 15.9 Å². The van der Waals surface area contributed by atoms with E-state index in [-0.39, 0.29) is 18.3 Å². The van der Waals surface area contributed by atoms with Crippen LogP contribution in [0.25, 0.3) is 0 Å². The lowest BCUT2D eigenvalue weighted by atomic mass is 10.1. The van der Waals surface area contributed by atoms with Crippen LogP contribution in [0, 0.1) is 11.6 Å². The third-order valence-corrected chi connectivity index (χ3v) is 3.87. The third kappa shape index (κ3) is 4.35. The van der Waals surface area contributed by atoms with E-state index in [4.69, 9.17) is 0 Å². The molecular formula is C16H15BrF2N2O. The number of hydrogen-bond acceptors (Lipinski definition) is 2. The van der Waals surface area contributed by atoms with Crippen LogP contribution in [0.15, 0.2) is 46.9 Å². The smallest absolute Gasteiger partial charge is 0.238 e. The molecule has 0 saturated carbocycles. The second-order valence-electron chi connectivity index (χ2n) is 4.80. The minimum absolute atomic E-state index is 0.0154. The summed E-state index contributed by atoms with van der Waals surface area (Å²) in [5, 5.41) is 5.38. The first-order chi connectivity index (χ1) is 10.5. The number of rotatable bonds is 5. The van der Waals surface area contributed by atoms with Crippen molar-refractivity contribution in [3.05, 3.63) is 64.1 Å². The number of carbonyl (C=O) groups is 1. The standard InChI is InChI=1S/C16H15BrF2N2O/c1-10(12-4-2-3-5-13(12)17)20-9-16(22)21-15-8-11(18)6-7-14(15)19/h2-8,10,20H,9H2,1H3,(H,21,22)/t10-/m0/s1. The molecule has 3 nitrogen and oxygen atoms in total. The van der Waals surface area contributed by atoms with Crippen LogP contribution in [0.5, 0.6) is 0 Å². The summed E-state index contributed by atoms with van der Waals surface area (Å²) < 4.78 is 27.4. The van der Waals surface area contributed by atoms with Gasteiger partial charge in [-0.3, -0.25) is 4.79 Å². The van der Waals surface area contributed by atoms with Crippen LogP contribution in [0.2, 0.25) is 0 Å². The highest BCUT2D eigenvalue weighted by Crippen LogP contribution is 2.22. The molecule has 0 aliphatic heterocycles. The summed E-state index contributed by atoms with van der Waals surface area (Å²) in [6.45, 7) is 1.90. The molecule has 116 valence electrons. The molecule has 0 heterocycles. The van der Waals surface area contributed by atoms with Gasteiger partial charge in [0, 0.05) is 16.6 Å². The van der Waals surface area contributed by atoms with E-state index in [0.29, 0.717) is 0 Å². The number of nitrogens with one attached hydrogen (secondary N) is 2. The Morgan fingerprint density at radius 2 is 1.95 bits per heavy atom. The minimum Gasteiger partial charge on any atom is -0.322 e. The average Bonchev–Trinajstić information content (AvgIpc) is 2.49. The maximum Gasteiger partial charge on any atom is 0.238 e. The molecule has 0 saturated heterocycles. The Morgan fingerprint density at radius 1 is 1.23 bits per heavy atom. The molecule has 0 bridgehead atoms. The fourth-order valence-electron chi connectivity index (χ4n) is 1.97. The molecule has 0 radical (unpaired) electrons. The second kappa shape index (κ2) is 7.47. The highest BCUT2D eigenvalue weighted by Gasteiger charge is 2.12. The van der Waals surface area contributed by atoms with Crippen molar-refractivity contribution in [1.82, 2.24) is 5.32 Å². The van der Waals surface area contributed by atoms with E-state index in [2.05, 4.69) is 26.6 Å². The molecule has 22 heavy (non-hydrogen) atoms. The van der Waals surface area contributed by atoms with Gasteiger partial charge in [-0.2, -0.15) is 0 Å². The van der Waals surface area contributed by atoms with Crippen LogP contribution in [-0.4, -0.2) is 12.5 Å². The molecule has 2 N–H and O–H groups in total. The minimum atomic E-state index is -0.673. The fourth-order valence-corrected chi connectivity index (χ4v) is 2.60. The van der Waals surface area contributed by atoms with Gasteiger partial charge in [0.25, 0.3) is 0 Å². The van der Waals surface area contributed by atoms with Gasteiger partial charge in [-0.1, -0.05) is 34.1 Å². The first-order valence-electron chi connectivity index (χ1n) is 6.70. The SMILES string of the molecule is C[C@H](NCC(=O)Nc1cc(F)ccc1F)c1ccccc1Br. The molecule has 0 aliphatic carbocycles. The first kappa shape index (κ1) is 16.6. The quantitative estimate of drug-likeness (QED) is 0.836. The van der Waals surface area contributed by atoms with E-state index in [1.807, 2.05) is 31.2 Å². The Bertz CT molecular complexity index is 679. The Kier molecular flexibility index (Phi) is 5.63. The van der Waals surface area contributed by atoms with E-state index < -0.39 is 17.5 Å². The predicted octanol–water partition coefficient (Wildman–Crippen LogP) is 4.02. The topological polar surface area (TPSA) is 41.1 Å². The summed E-state index contributed by atoms with van der Waals surface area (Å²) >= 11 is 3.44. The maximum absolute atomic E-state index is 13.4. The van der Waals surface area contributed by atoms with Crippen molar-refractivity contribution < 1.29 is 13.6 Å². The number of carbonyl (C=O) groups excluding carboxylic acids is 1. The normalized spacial score (nSPS) is 12.0. The Labute approximate surface area is 135 Å². The molecule has 1 atom stereocenters. The molecule has 0 fully saturated rings. The highest BCUT2D eigenvalue weighted by molar-refractivity contribution is 9.10. The number of hydrogen-bond donors (Lipinski definition) is 2. The van der Waals surface area contributed by atoms with Gasteiger partial charge in [0.05, 0.1) is 12.2 Å². The van der Waals surface area contributed by atoms with Crippen LogP contribution in [0.4, 0.5) is 14.5 Å². The molecule has 6 heteroatoms. The molecule has 2 rings (SSSR count). The lowest BCUT2D eigenvalue weighted by molar-refractivity contribution is -0.115. The van der Waals surface area contributed by atoms with Gasteiger partial charge in [0.15, 0.2) is 0 Å². The van der Waals surface area contributed by atoms with Gasteiger partial charge in [0.1, 0.15) is 11.6 Å². The monoisotopic (exact) mass is 368 g/mol. The lowest BCUT2D eigenvalue weighted by Crippen LogP contribution is -2.30. The molecule has 0 aromatic heterocycles. The lowest BCUT2D eigenvalue weighted by Gasteiger charge is -2.15. The van der Waals surface area contributed by atoms with Crippen LogP contribution in [0.3, 0.4) is 0 Å². The number of benzene rings is 2. The third-order valence-electron chi connectivity index (χ3n) is 3.14. The van der Waals surface area contributed by atoms with Crippen LogP contribution in [0.1, 0.15) is 18.5 Å². The zero-order valence-corrected chi connectivity index (χ0v) is 13.5. The van der Waals surface area contributed by atoms with Crippen LogP contribution in [-0.2, 0) is 4.79 Å². The molecule has 2 aromatic rings. The van der Waals surface area contributed by atoms with Crippen LogP contribution < -0.4 is 10.6 Å². The van der Waals surface area contributed by atoms with Gasteiger partial charge in [-0.25, -0.2) is 8.78 Å². The van der Waals surface area contributed by atoms with Crippen molar-refractivity contribution in [1.29, 1.82) is 0 Å². The molecular weight excluding hydrogens is 354 g/mol. The highest BCUT2D eigenvalue weighted by atomic mass is 79.9. The zero-order valence-electron chi connectivity index (χ0n) is 11.9. The van der Waals surface area contributed by atoms with E-state index in [0.717, 1.165) is 28.2 Å². The van der Waals surface area contributed by atoms with Crippen molar-refractivity contribution in [3.8, 4) is 0 Å². The fraction of sp³-hybridized carbons (Fsp3) is 0.188. The van der Waals surface area contributed by atoms with Gasteiger partial charge >= 0.3 is 0 Å². The summed E-state index contributed by atoms with van der Waals surface area (Å²) in [6.07, 6.45) is 0. The van der Waals surface area contributed by atoms with E-state index in [1.165, 1.54) is 0 Å². The van der Waals surface area contributed by atoms with Crippen molar-refractivity contribution >= 4 is 27.5 Å². The van der Waals surface area contributed by atoms with E-state index in [1.54, 1.807) is 0 Å². The summed E-state index contributed by atoms with van der Waals surface area (Å²) in [7, 11) is 0. The second-order valence-corrected chi connectivity index (χ2v) is 5.65. The summed E-state index contributed by atoms with van der Waals surface area (Å²) in [5.41, 5.74) is 0.840. The Hall–Kier alpha value is -1.79. The summed E-state index contributed by atoms with van der Waals surface area (Å²) in [5.74, 6) is -1.72. The molecule has 0 aliphatic rings. The van der Waals surface area contributed by atoms with Crippen molar-refractivity contribution in [2.45, 2.75) is 13.0 Å². The molecule has 0 unspecified atom stereocenters. The van der Waals surface area contributed by atoms with Gasteiger partial charge in [0.2, 0.25) is 5.91 Å². The first-order valence-corrected chi connectivity index (χ1v) is 7.49. The van der Waals surface area contributed by atoms with Crippen molar-refractivity contribution in [2.24, 2.45) is 0 Å². The molecule has 0 spiro atoms. The molecule has 2 aromatic carbocycles. The summed E-state index contributed by atoms with van der Waals surface area (Å²) in [4.78, 5) is 11.8. The maximum atomic E-state index is 13.4. The Morgan fingerprint density at radius 3 is 2.68 bits per heavy atom. The summed E-state index contributed by atoms with van der Waals surface area (Å²) in [6, 6.07) is 10.5.